The lowest BCUT2D eigenvalue weighted by Crippen LogP contribution is -2.23. The Morgan fingerprint density at radius 2 is 0.694 bits per heavy atom. The van der Waals surface area contributed by atoms with E-state index in [1.54, 1.807) is 0 Å². The molecular formula is C34H34N2. The van der Waals surface area contributed by atoms with Gasteiger partial charge in [-0.05, 0) is 59.1 Å². The molecule has 0 saturated carbocycles. The summed E-state index contributed by atoms with van der Waals surface area (Å²) in [6, 6.07) is 30.4. The smallest absolute Gasteiger partial charge is 0.0978 e. The molecule has 0 amide bonds. The quantitative estimate of drug-likeness (QED) is 0.269. The van der Waals surface area contributed by atoms with Crippen molar-refractivity contribution in [1.29, 1.82) is 0 Å². The van der Waals surface area contributed by atoms with Gasteiger partial charge in [-0.3, -0.25) is 0 Å². The molecule has 0 radical (unpaired) electrons. The van der Waals surface area contributed by atoms with Crippen molar-refractivity contribution < 1.29 is 0 Å². The Labute approximate surface area is 215 Å². The van der Waals surface area contributed by atoms with E-state index >= 15 is 0 Å². The molecule has 4 aromatic carbocycles. The highest BCUT2D eigenvalue weighted by atomic mass is 14.8. The van der Waals surface area contributed by atoms with Gasteiger partial charge in [-0.25, -0.2) is 9.98 Å². The van der Waals surface area contributed by atoms with E-state index in [-0.39, 0.29) is 0 Å². The second-order valence-electron chi connectivity index (χ2n) is 9.28. The summed E-state index contributed by atoms with van der Waals surface area (Å²) < 4.78 is 0. The third-order valence-electron chi connectivity index (χ3n) is 7.26. The predicted octanol–water partition coefficient (Wildman–Crippen LogP) is 8.86. The fourth-order valence-electron chi connectivity index (χ4n) is 5.27. The van der Waals surface area contributed by atoms with Gasteiger partial charge in [0.1, 0.15) is 0 Å². The molecule has 0 N–H and O–H groups in total. The van der Waals surface area contributed by atoms with Crippen LogP contribution in [0.2, 0.25) is 0 Å². The molecule has 0 heterocycles. The zero-order valence-corrected chi connectivity index (χ0v) is 21.8. The number of hydrogen-bond donors (Lipinski definition) is 0. The second kappa shape index (κ2) is 10.5. The molecule has 1 aliphatic carbocycles. The largest absolute Gasteiger partial charge is 0.246 e. The van der Waals surface area contributed by atoms with E-state index < -0.39 is 0 Å². The molecule has 2 nitrogen and oxygen atoms in total. The van der Waals surface area contributed by atoms with E-state index in [2.05, 4.69) is 113 Å². The normalized spacial score (nSPS) is 14.7. The highest BCUT2D eigenvalue weighted by Crippen LogP contribution is 2.38. The van der Waals surface area contributed by atoms with Gasteiger partial charge in [-0.1, -0.05) is 113 Å². The minimum Gasteiger partial charge on any atom is -0.246 e. The lowest BCUT2D eigenvalue weighted by molar-refractivity contribution is 1.08. The molecule has 2 heteroatoms. The first-order valence-electron chi connectivity index (χ1n) is 13.3. The van der Waals surface area contributed by atoms with Crippen molar-refractivity contribution in [3.8, 4) is 11.1 Å². The molecule has 0 saturated heterocycles. The highest BCUT2D eigenvalue weighted by molar-refractivity contribution is 6.57. The van der Waals surface area contributed by atoms with E-state index in [4.69, 9.17) is 9.98 Å². The van der Waals surface area contributed by atoms with Gasteiger partial charge in [0.05, 0.1) is 22.8 Å². The minimum absolute atomic E-state index is 0.948. The van der Waals surface area contributed by atoms with E-state index in [9.17, 15) is 0 Å². The van der Waals surface area contributed by atoms with Crippen LogP contribution in [-0.4, -0.2) is 11.4 Å². The van der Waals surface area contributed by atoms with Gasteiger partial charge < -0.3 is 0 Å². The Bertz CT molecular complexity index is 1320. The predicted molar refractivity (Wildman–Crippen MR) is 155 cm³/mol. The molecule has 0 aliphatic heterocycles. The van der Waals surface area contributed by atoms with Crippen molar-refractivity contribution >= 4 is 22.8 Å². The van der Waals surface area contributed by atoms with Gasteiger partial charge in [0, 0.05) is 11.1 Å². The Kier molecular flexibility index (Phi) is 6.95. The van der Waals surface area contributed by atoms with Gasteiger partial charge in [-0.15, -0.1) is 0 Å². The van der Waals surface area contributed by atoms with E-state index in [1.807, 2.05) is 0 Å². The third-order valence-corrected chi connectivity index (χ3v) is 7.26. The third kappa shape index (κ3) is 4.22. The summed E-state index contributed by atoms with van der Waals surface area (Å²) in [5.74, 6) is 0. The number of aliphatic imine (C=N–C) groups is 2. The maximum Gasteiger partial charge on any atom is 0.0978 e. The minimum atomic E-state index is 0.948. The van der Waals surface area contributed by atoms with Crippen LogP contribution in [-0.2, 0) is 25.7 Å². The van der Waals surface area contributed by atoms with Crippen molar-refractivity contribution in [1.82, 2.24) is 0 Å². The fraction of sp³-hybridized carbons (Fsp3) is 0.235. The summed E-state index contributed by atoms with van der Waals surface area (Å²) in [6.07, 6.45) is 3.79. The summed E-state index contributed by atoms with van der Waals surface area (Å²) in [7, 11) is 0. The maximum absolute atomic E-state index is 5.47. The number of para-hydroxylation sites is 2. The Balaban J connectivity index is 1.88. The van der Waals surface area contributed by atoms with Crippen molar-refractivity contribution in [3.63, 3.8) is 0 Å². The molecule has 36 heavy (non-hydrogen) atoms. The van der Waals surface area contributed by atoms with Crippen LogP contribution in [0.3, 0.4) is 0 Å². The Morgan fingerprint density at radius 1 is 0.389 bits per heavy atom. The van der Waals surface area contributed by atoms with Gasteiger partial charge in [-0.2, -0.15) is 0 Å². The first-order valence-corrected chi connectivity index (χ1v) is 13.3. The average molecular weight is 471 g/mol. The summed E-state index contributed by atoms with van der Waals surface area (Å²) in [6.45, 7) is 8.84. The van der Waals surface area contributed by atoms with Crippen molar-refractivity contribution in [3.05, 3.63) is 118 Å². The van der Waals surface area contributed by atoms with Gasteiger partial charge in [0.15, 0.2) is 0 Å². The van der Waals surface area contributed by atoms with Gasteiger partial charge in [0.25, 0.3) is 0 Å². The number of hydrogen-bond acceptors (Lipinski definition) is 2. The summed E-state index contributed by atoms with van der Waals surface area (Å²) in [5, 5.41) is 0. The zero-order valence-electron chi connectivity index (χ0n) is 21.8. The number of rotatable bonds is 6. The monoisotopic (exact) mass is 470 g/mol. The van der Waals surface area contributed by atoms with Gasteiger partial charge >= 0.3 is 0 Å². The van der Waals surface area contributed by atoms with Crippen LogP contribution < -0.4 is 0 Å². The number of aryl methyl sites for hydroxylation is 4. The molecule has 1 aliphatic rings. The molecule has 0 unspecified atom stereocenters. The summed E-state index contributed by atoms with van der Waals surface area (Å²) in [5.41, 5.74) is 14.0. The van der Waals surface area contributed by atoms with E-state index in [1.165, 1.54) is 33.4 Å². The topological polar surface area (TPSA) is 24.7 Å². The molecule has 0 spiro atoms. The standard InChI is InChI=1S/C34H34N2/c1-5-23-15-13-16-24(6-2)31(23)35-33-29-21-11-9-19-27(29)28-20-10-12-22-30(28)34(33)36-32-25(7-3)17-14-18-26(32)8-4/h9-22H,5-8H2,1-4H3. The molecule has 0 atom stereocenters. The Hall–Kier alpha value is -3.78. The Morgan fingerprint density at radius 3 is 1.00 bits per heavy atom. The average Bonchev–Trinajstić information content (AvgIpc) is 2.94. The van der Waals surface area contributed by atoms with E-state index in [0.29, 0.717) is 0 Å². The molecule has 0 fully saturated rings. The number of fused-ring (bicyclic) bond motifs is 3. The first kappa shape index (κ1) is 23.9. The maximum atomic E-state index is 5.47. The molecule has 4 aromatic rings. The van der Waals surface area contributed by atoms with Crippen LogP contribution in [0.5, 0.6) is 0 Å². The van der Waals surface area contributed by atoms with Crippen molar-refractivity contribution in [2.75, 3.05) is 0 Å². The summed E-state index contributed by atoms with van der Waals surface area (Å²) >= 11 is 0. The van der Waals surface area contributed by atoms with E-state index in [0.717, 1.165) is 59.6 Å². The van der Waals surface area contributed by atoms with Gasteiger partial charge in [0.2, 0.25) is 0 Å². The second-order valence-corrected chi connectivity index (χ2v) is 9.28. The van der Waals surface area contributed by atoms with Crippen molar-refractivity contribution in [2.24, 2.45) is 9.98 Å². The fourth-order valence-corrected chi connectivity index (χ4v) is 5.27. The van der Waals surface area contributed by atoms with Crippen LogP contribution >= 0.6 is 0 Å². The van der Waals surface area contributed by atoms with Crippen LogP contribution in [0, 0.1) is 0 Å². The molecule has 180 valence electrons. The number of benzene rings is 4. The SMILES string of the molecule is CCc1cccc(CC)c1N=C1C(=Nc2c(CC)cccc2CC)c2ccccc2-c2ccccc21. The van der Waals surface area contributed by atoms with Crippen LogP contribution in [0.4, 0.5) is 11.4 Å². The summed E-state index contributed by atoms with van der Waals surface area (Å²) in [4.78, 5) is 10.9. The first-order chi connectivity index (χ1) is 17.7. The zero-order chi connectivity index (χ0) is 25.1. The molecule has 0 bridgehead atoms. The highest BCUT2D eigenvalue weighted by Gasteiger charge is 2.28. The molecule has 0 aromatic heterocycles. The molecule has 5 rings (SSSR count). The molecular weight excluding hydrogens is 436 g/mol. The lowest BCUT2D eigenvalue weighted by Gasteiger charge is -2.25. The van der Waals surface area contributed by atoms with Crippen molar-refractivity contribution in [2.45, 2.75) is 53.4 Å². The number of nitrogens with zero attached hydrogens (tertiary/aromatic N) is 2. The van der Waals surface area contributed by atoms with Crippen LogP contribution in [0.15, 0.2) is 94.9 Å². The lowest BCUT2D eigenvalue weighted by atomic mass is 9.82. The van der Waals surface area contributed by atoms with Crippen LogP contribution in [0.25, 0.3) is 11.1 Å². The van der Waals surface area contributed by atoms with Crippen LogP contribution in [0.1, 0.15) is 61.1 Å².